The van der Waals surface area contributed by atoms with Crippen LogP contribution >= 0.6 is 0 Å². The highest BCUT2D eigenvalue weighted by atomic mass is 15.4. The molecule has 0 aromatic carbocycles. The minimum absolute atomic E-state index is 0.589. The van der Waals surface area contributed by atoms with Crippen molar-refractivity contribution in [1.82, 2.24) is 9.80 Å². The van der Waals surface area contributed by atoms with Gasteiger partial charge in [0.25, 0.3) is 0 Å². The van der Waals surface area contributed by atoms with Gasteiger partial charge in [-0.05, 0) is 26.7 Å². The molecule has 2 heteroatoms. The van der Waals surface area contributed by atoms with Crippen LogP contribution in [0, 0.1) is 6.67 Å². The van der Waals surface area contributed by atoms with E-state index in [2.05, 4.69) is 44.2 Å². The van der Waals surface area contributed by atoms with E-state index >= 15 is 0 Å². The van der Waals surface area contributed by atoms with Gasteiger partial charge in [0.15, 0.2) is 0 Å². The molecule has 0 aromatic rings. The number of hydrogen-bond acceptors (Lipinski definition) is 2. The highest BCUT2D eigenvalue weighted by Crippen LogP contribution is 2.22. The summed E-state index contributed by atoms with van der Waals surface area (Å²) < 4.78 is 0. The van der Waals surface area contributed by atoms with Crippen LogP contribution in [0.15, 0.2) is 0 Å². The van der Waals surface area contributed by atoms with Crippen molar-refractivity contribution in [2.24, 2.45) is 0 Å². The van der Waals surface area contributed by atoms with Crippen molar-refractivity contribution < 1.29 is 0 Å². The fraction of sp³-hybridized carbons (Fsp3) is 0.917. The van der Waals surface area contributed by atoms with Crippen molar-refractivity contribution in [2.45, 2.75) is 59.0 Å². The molecule has 0 spiro atoms. The molecule has 1 fully saturated rings. The minimum Gasteiger partial charge on any atom is -0.278 e. The first-order valence-electron chi connectivity index (χ1n) is 5.98. The first kappa shape index (κ1) is 12.0. The van der Waals surface area contributed by atoms with Gasteiger partial charge in [-0.15, -0.1) is 0 Å². The molecular weight excluding hydrogens is 172 g/mol. The molecule has 1 rings (SSSR count). The second-order valence-electron chi connectivity index (χ2n) is 4.46. The lowest BCUT2D eigenvalue weighted by Crippen LogP contribution is -2.33. The number of hydrogen-bond donors (Lipinski definition) is 0. The standard InChI is InChI=1S/C12H24N2/c1-5-7-8-13-9-12(6-2)14(10-13)11(3)4/h11-12H,5-9H2,1-4H3/t12-/m1/s1. The molecule has 0 bridgehead atoms. The molecule has 0 unspecified atom stereocenters. The lowest BCUT2D eigenvalue weighted by Gasteiger charge is -2.24. The Morgan fingerprint density at radius 1 is 1.36 bits per heavy atom. The lowest BCUT2D eigenvalue weighted by atomic mass is 10.2. The molecule has 0 amide bonds. The molecule has 0 aromatic heterocycles. The van der Waals surface area contributed by atoms with Crippen LogP contribution in [-0.2, 0) is 0 Å². The van der Waals surface area contributed by atoms with Crippen LogP contribution in [0.3, 0.4) is 0 Å². The van der Waals surface area contributed by atoms with E-state index in [-0.39, 0.29) is 0 Å². The summed E-state index contributed by atoms with van der Waals surface area (Å²) >= 11 is 0. The topological polar surface area (TPSA) is 6.48 Å². The fourth-order valence-electron chi connectivity index (χ4n) is 1.98. The summed E-state index contributed by atoms with van der Waals surface area (Å²) in [4.78, 5) is 4.74. The molecule has 1 saturated heterocycles. The van der Waals surface area contributed by atoms with Crippen LogP contribution in [0.25, 0.3) is 0 Å². The number of unbranched alkanes of at least 4 members (excludes halogenated alkanes) is 1. The Labute approximate surface area is 89.3 Å². The molecule has 2 radical (unpaired) electrons. The highest BCUT2D eigenvalue weighted by Gasteiger charge is 2.31. The van der Waals surface area contributed by atoms with Gasteiger partial charge in [0.2, 0.25) is 0 Å². The largest absolute Gasteiger partial charge is 0.278 e. The Bertz CT molecular complexity index is 156. The molecule has 2 nitrogen and oxygen atoms in total. The Morgan fingerprint density at radius 3 is 2.50 bits per heavy atom. The maximum absolute atomic E-state index is 3.49. The van der Waals surface area contributed by atoms with Crippen molar-refractivity contribution in [3.8, 4) is 0 Å². The van der Waals surface area contributed by atoms with Crippen LogP contribution < -0.4 is 0 Å². The summed E-state index contributed by atoms with van der Waals surface area (Å²) in [7, 11) is 0. The SMILES string of the molecule is CCCCN1[C]N(C(C)C)[C@H](CC)C1. The summed E-state index contributed by atoms with van der Waals surface area (Å²) in [6.45, 7) is 14.9. The second kappa shape index (κ2) is 5.72. The van der Waals surface area contributed by atoms with E-state index in [0.29, 0.717) is 12.1 Å². The van der Waals surface area contributed by atoms with Gasteiger partial charge in [0, 0.05) is 25.2 Å². The van der Waals surface area contributed by atoms with Gasteiger partial charge in [0.05, 0.1) is 0 Å². The maximum atomic E-state index is 3.49. The number of rotatable bonds is 5. The predicted molar refractivity (Wildman–Crippen MR) is 60.8 cm³/mol. The quantitative estimate of drug-likeness (QED) is 0.667. The minimum atomic E-state index is 0.589. The third-order valence-electron chi connectivity index (χ3n) is 2.89. The Balaban J connectivity index is 2.39. The summed E-state index contributed by atoms with van der Waals surface area (Å²) in [5, 5.41) is 0. The number of nitrogens with zero attached hydrogens (tertiary/aromatic N) is 2. The monoisotopic (exact) mass is 196 g/mol. The van der Waals surface area contributed by atoms with Gasteiger partial charge in [-0.2, -0.15) is 0 Å². The Kier molecular flexibility index (Phi) is 4.90. The molecule has 0 saturated carbocycles. The third-order valence-corrected chi connectivity index (χ3v) is 2.89. The van der Waals surface area contributed by atoms with Crippen LogP contribution in [0.4, 0.5) is 0 Å². The zero-order valence-electron chi connectivity index (χ0n) is 10.1. The highest BCUT2D eigenvalue weighted by molar-refractivity contribution is 4.90. The fourth-order valence-corrected chi connectivity index (χ4v) is 1.98. The van der Waals surface area contributed by atoms with E-state index in [1.54, 1.807) is 0 Å². The van der Waals surface area contributed by atoms with Crippen molar-refractivity contribution in [2.75, 3.05) is 13.1 Å². The molecule has 1 atom stereocenters. The maximum Gasteiger partial charge on any atom is 0.147 e. The second-order valence-corrected chi connectivity index (χ2v) is 4.46. The first-order chi connectivity index (χ1) is 6.69. The Morgan fingerprint density at radius 2 is 2.07 bits per heavy atom. The molecular formula is C12H24N2. The lowest BCUT2D eigenvalue weighted by molar-refractivity contribution is 0.229. The molecule has 1 aliphatic rings. The van der Waals surface area contributed by atoms with E-state index in [0.717, 1.165) is 0 Å². The van der Waals surface area contributed by atoms with Crippen molar-refractivity contribution in [3.63, 3.8) is 0 Å². The zero-order chi connectivity index (χ0) is 10.6. The van der Waals surface area contributed by atoms with Gasteiger partial charge >= 0.3 is 0 Å². The summed E-state index contributed by atoms with van der Waals surface area (Å²) in [6.07, 6.45) is 3.79. The molecule has 1 heterocycles. The van der Waals surface area contributed by atoms with Crippen LogP contribution in [0.2, 0.25) is 0 Å². The third kappa shape index (κ3) is 2.96. The van der Waals surface area contributed by atoms with Gasteiger partial charge in [0.1, 0.15) is 6.67 Å². The van der Waals surface area contributed by atoms with Crippen LogP contribution in [0.1, 0.15) is 47.0 Å². The molecule has 1 aliphatic heterocycles. The van der Waals surface area contributed by atoms with E-state index in [4.69, 9.17) is 0 Å². The Hall–Kier alpha value is -0.0800. The summed E-state index contributed by atoms with van der Waals surface area (Å²) in [5.74, 6) is 0. The van der Waals surface area contributed by atoms with Gasteiger partial charge in [-0.3, -0.25) is 9.80 Å². The van der Waals surface area contributed by atoms with E-state index in [1.807, 2.05) is 0 Å². The molecule has 82 valence electrons. The average Bonchev–Trinajstić information content (AvgIpc) is 2.57. The van der Waals surface area contributed by atoms with Gasteiger partial charge in [-0.1, -0.05) is 20.3 Å². The van der Waals surface area contributed by atoms with Gasteiger partial charge < -0.3 is 0 Å². The van der Waals surface area contributed by atoms with E-state index < -0.39 is 0 Å². The van der Waals surface area contributed by atoms with Gasteiger partial charge in [-0.25, -0.2) is 0 Å². The van der Waals surface area contributed by atoms with E-state index in [1.165, 1.54) is 32.4 Å². The van der Waals surface area contributed by atoms with Crippen molar-refractivity contribution in [3.05, 3.63) is 6.67 Å². The first-order valence-corrected chi connectivity index (χ1v) is 5.98. The van der Waals surface area contributed by atoms with Crippen molar-refractivity contribution >= 4 is 0 Å². The molecule has 14 heavy (non-hydrogen) atoms. The molecule has 0 N–H and O–H groups in total. The normalized spacial score (nSPS) is 25.1. The average molecular weight is 196 g/mol. The smallest absolute Gasteiger partial charge is 0.147 e. The summed E-state index contributed by atoms with van der Waals surface area (Å²) in [6, 6.07) is 1.28. The van der Waals surface area contributed by atoms with Crippen LogP contribution in [0.5, 0.6) is 0 Å². The molecule has 0 aliphatic carbocycles. The predicted octanol–water partition coefficient (Wildman–Crippen LogP) is 2.59. The summed E-state index contributed by atoms with van der Waals surface area (Å²) in [5.41, 5.74) is 0. The van der Waals surface area contributed by atoms with Crippen molar-refractivity contribution in [1.29, 1.82) is 0 Å². The zero-order valence-corrected chi connectivity index (χ0v) is 10.1. The van der Waals surface area contributed by atoms with Crippen LogP contribution in [-0.4, -0.2) is 35.0 Å². The van der Waals surface area contributed by atoms with E-state index in [9.17, 15) is 0 Å².